The van der Waals surface area contributed by atoms with E-state index >= 15 is 0 Å². The second kappa shape index (κ2) is 6.53. The minimum absolute atomic E-state index is 0.0469. The fraction of sp³-hybridized carbons (Fsp3) is 0.357. The Hall–Kier alpha value is -2.15. The number of amides is 1. The number of carbonyl (C=O) groups is 2. The standard InChI is InChI=1S/C14H16N2O4S/c1-9-12(14(19)16(2)7-3-6-11(17)18)15-13(21-9)10-5-4-8-20-10/h4-5,8H,3,6-7H2,1-2H3,(H,17,18). The Bertz CT molecular complexity index is 633. The van der Waals surface area contributed by atoms with Gasteiger partial charge in [0.1, 0.15) is 5.69 Å². The normalized spacial score (nSPS) is 10.6. The zero-order valence-electron chi connectivity index (χ0n) is 11.8. The smallest absolute Gasteiger partial charge is 0.303 e. The van der Waals surface area contributed by atoms with Crippen molar-refractivity contribution >= 4 is 23.2 Å². The molecule has 0 radical (unpaired) electrons. The van der Waals surface area contributed by atoms with Gasteiger partial charge in [-0.3, -0.25) is 9.59 Å². The van der Waals surface area contributed by atoms with E-state index in [1.807, 2.05) is 6.92 Å². The quantitative estimate of drug-likeness (QED) is 0.887. The third-order valence-corrected chi connectivity index (χ3v) is 3.95. The van der Waals surface area contributed by atoms with Crippen LogP contribution in [0.15, 0.2) is 22.8 Å². The average molecular weight is 308 g/mol. The van der Waals surface area contributed by atoms with Crippen LogP contribution in [0.25, 0.3) is 10.8 Å². The highest BCUT2D eigenvalue weighted by Crippen LogP contribution is 2.28. The molecule has 0 unspecified atom stereocenters. The van der Waals surface area contributed by atoms with Crippen LogP contribution in [0.2, 0.25) is 0 Å². The van der Waals surface area contributed by atoms with Crippen molar-refractivity contribution in [1.82, 2.24) is 9.88 Å². The highest BCUT2D eigenvalue weighted by atomic mass is 32.1. The molecule has 21 heavy (non-hydrogen) atoms. The van der Waals surface area contributed by atoms with Crippen molar-refractivity contribution in [3.05, 3.63) is 29.0 Å². The number of nitrogens with zero attached hydrogens (tertiary/aromatic N) is 2. The lowest BCUT2D eigenvalue weighted by Gasteiger charge is -2.15. The maximum atomic E-state index is 12.3. The predicted octanol–water partition coefficient (Wildman–Crippen LogP) is 2.65. The molecular formula is C14H16N2O4S. The molecular weight excluding hydrogens is 292 g/mol. The minimum Gasteiger partial charge on any atom is -0.481 e. The van der Waals surface area contributed by atoms with Gasteiger partial charge in [-0.25, -0.2) is 4.98 Å². The Morgan fingerprint density at radius 3 is 2.86 bits per heavy atom. The van der Waals surface area contributed by atoms with Gasteiger partial charge in [0, 0.05) is 24.9 Å². The molecule has 0 spiro atoms. The lowest BCUT2D eigenvalue weighted by molar-refractivity contribution is -0.137. The predicted molar refractivity (Wildman–Crippen MR) is 78.4 cm³/mol. The Morgan fingerprint density at radius 2 is 2.24 bits per heavy atom. The van der Waals surface area contributed by atoms with E-state index in [9.17, 15) is 9.59 Å². The molecule has 112 valence electrons. The third kappa shape index (κ3) is 3.69. The number of thiazole rings is 1. The van der Waals surface area contributed by atoms with Crippen LogP contribution in [0.3, 0.4) is 0 Å². The van der Waals surface area contributed by atoms with E-state index in [4.69, 9.17) is 9.52 Å². The summed E-state index contributed by atoms with van der Waals surface area (Å²) in [6, 6.07) is 3.56. The molecule has 0 aliphatic rings. The Kier molecular flexibility index (Phi) is 4.74. The number of hydrogen-bond donors (Lipinski definition) is 1. The third-order valence-electron chi connectivity index (χ3n) is 2.96. The number of hydrogen-bond acceptors (Lipinski definition) is 5. The summed E-state index contributed by atoms with van der Waals surface area (Å²) in [7, 11) is 1.65. The molecule has 1 N–H and O–H groups in total. The monoisotopic (exact) mass is 308 g/mol. The van der Waals surface area contributed by atoms with E-state index in [0.29, 0.717) is 29.4 Å². The summed E-state index contributed by atoms with van der Waals surface area (Å²) in [5.41, 5.74) is 0.393. The van der Waals surface area contributed by atoms with Crippen molar-refractivity contribution in [3.8, 4) is 10.8 Å². The van der Waals surface area contributed by atoms with Gasteiger partial charge in [0.15, 0.2) is 10.8 Å². The number of aliphatic carboxylic acids is 1. The molecule has 0 aliphatic carbocycles. The molecule has 0 saturated carbocycles. The SMILES string of the molecule is Cc1sc(-c2ccco2)nc1C(=O)N(C)CCCC(=O)O. The summed E-state index contributed by atoms with van der Waals surface area (Å²) < 4.78 is 5.28. The van der Waals surface area contributed by atoms with E-state index in [0.717, 1.165) is 4.88 Å². The first kappa shape index (κ1) is 15.2. The van der Waals surface area contributed by atoms with Gasteiger partial charge in [-0.1, -0.05) is 0 Å². The molecule has 0 atom stereocenters. The van der Waals surface area contributed by atoms with Gasteiger partial charge in [0.05, 0.1) is 6.26 Å². The van der Waals surface area contributed by atoms with Crippen LogP contribution in [-0.4, -0.2) is 40.5 Å². The van der Waals surface area contributed by atoms with E-state index in [1.165, 1.54) is 16.2 Å². The van der Waals surface area contributed by atoms with Gasteiger partial charge in [-0.05, 0) is 25.5 Å². The topological polar surface area (TPSA) is 83.6 Å². The van der Waals surface area contributed by atoms with Crippen LogP contribution in [0, 0.1) is 6.92 Å². The van der Waals surface area contributed by atoms with Crippen molar-refractivity contribution in [2.75, 3.05) is 13.6 Å². The van der Waals surface area contributed by atoms with E-state index in [-0.39, 0.29) is 12.3 Å². The van der Waals surface area contributed by atoms with Crippen molar-refractivity contribution in [2.24, 2.45) is 0 Å². The highest BCUT2D eigenvalue weighted by Gasteiger charge is 2.20. The van der Waals surface area contributed by atoms with Gasteiger partial charge < -0.3 is 14.4 Å². The molecule has 0 fully saturated rings. The molecule has 2 aromatic rings. The molecule has 0 aromatic carbocycles. The molecule has 2 heterocycles. The van der Waals surface area contributed by atoms with Gasteiger partial charge in [0.2, 0.25) is 0 Å². The van der Waals surface area contributed by atoms with Crippen LogP contribution >= 0.6 is 11.3 Å². The average Bonchev–Trinajstić information content (AvgIpc) is 3.06. The summed E-state index contributed by atoms with van der Waals surface area (Å²) in [5.74, 6) is -0.427. The lowest BCUT2D eigenvalue weighted by Crippen LogP contribution is -2.28. The van der Waals surface area contributed by atoms with Gasteiger partial charge in [-0.2, -0.15) is 0 Å². The van der Waals surface area contributed by atoms with Crippen LogP contribution in [0.4, 0.5) is 0 Å². The van der Waals surface area contributed by atoms with E-state index in [1.54, 1.807) is 25.4 Å². The maximum absolute atomic E-state index is 12.3. The Labute approximate surface area is 126 Å². The molecule has 2 aromatic heterocycles. The van der Waals surface area contributed by atoms with Crippen LogP contribution < -0.4 is 0 Å². The summed E-state index contributed by atoms with van der Waals surface area (Å²) in [6.45, 7) is 2.22. The molecule has 7 heteroatoms. The summed E-state index contributed by atoms with van der Waals surface area (Å²) in [4.78, 5) is 29.4. The number of aryl methyl sites for hydroxylation is 1. The Morgan fingerprint density at radius 1 is 1.48 bits per heavy atom. The number of rotatable bonds is 6. The fourth-order valence-electron chi connectivity index (χ4n) is 1.85. The number of carboxylic acids is 1. The highest BCUT2D eigenvalue weighted by molar-refractivity contribution is 7.15. The largest absolute Gasteiger partial charge is 0.481 e. The molecule has 6 nitrogen and oxygen atoms in total. The second-order valence-corrected chi connectivity index (χ2v) is 5.83. The zero-order valence-corrected chi connectivity index (χ0v) is 12.6. The molecule has 0 saturated heterocycles. The molecule has 1 amide bonds. The van der Waals surface area contributed by atoms with E-state index in [2.05, 4.69) is 4.98 Å². The van der Waals surface area contributed by atoms with E-state index < -0.39 is 5.97 Å². The van der Waals surface area contributed by atoms with Crippen molar-refractivity contribution in [3.63, 3.8) is 0 Å². The molecule has 0 aliphatic heterocycles. The summed E-state index contributed by atoms with van der Waals surface area (Å²) in [5, 5.41) is 9.28. The fourth-order valence-corrected chi connectivity index (χ4v) is 2.72. The van der Waals surface area contributed by atoms with Crippen molar-refractivity contribution in [2.45, 2.75) is 19.8 Å². The number of furan rings is 1. The summed E-state index contributed by atoms with van der Waals surface area (Å²) >= 11 is 1.40. The van der Waals surface area contributed by atoms with Crippen LogP contribution in [0.5, 0.6) is 0 Å². The first-order chi connectivity index (χ1) is 9.99. The van der Waals surface area contributed by atoms with Crippen LogP contribution in [-0.2, 0) is 4.79 Å². The minimum atomic E-state index is -0.860. The Balaban J connectivity index is 2.07. The molecule has 2 rings (SSSR count). The van der Waals surface area contributed by atoms with Crippen LogP contribution in [0.1, 0.15) is 28.2 Å². The van der Waals surface area contributed by atoms with Gasteiger partial charge in [0.25, 0.3) is 5.91 Å². The zero-order chi connectivity index (χ0) is 15.4. The first-order valence-corrected chi connectivity index (χ1v) is 7.29. The lowest BCUT2D eigenvalue weighted by atomic mass is 10.2. The van der Waals surface area contributed by atoms with Gasteiger partial charge in [-0.15, -0.1) is 11.3 Å². The van der Waals surface area contributed by atoms with Crippen molar-refractivity contribution in [1.29, 1.82) is 0 Å². The number of aromatic nitrogens is 1. The number of carbonyl (C=O) groups excluding carboxylic acids is 1. The first-order valence-electron chi connectivity index (χ1n) is 6.47. The van der Waals surface area contributed by atoms with Crippen molar-refractivity contribution < 1.29 is 19.1 Å². The number of carboxylic acid groups (broad SMARTS) is 1. The maximum Gasteiger partial charge on any atom is 0.303 e. The summed E-state index contributed by atoms with van der Waals surface area (Å²) in [6.07, 6.45) is 2.03. The molecule has 0 bridgehead atoms. The second-order valence-electron chi connectivity index (χ2n) is 4.63. The van der Waals surface area contributed by atoms with Gasteiger partial charge >= 0.3 is 5.97 Å².